The van der Waals surface area contributed by atoms with Crippen molar-refractivity contribution in [2.24, 2.45) is 0 Å². The van der Waals surface area contributed by atoms with Gasteiger partial charge in [-0.25, -0.2) is 4.79 Å². The Bertz CT molecular complexity index is 861. The van der Waals surface area contributed by atoms with Crippen molar-refractivity contribution in [1.82, 2.24) is 10.2 Å². The summed E-state index contributed by atoms with van der Waals surface area (Å²) in [6.07, 6.45) is 3.93. The van der Waals surface area contributed by atoms with Crippen LogP contribution in [-0.4, -0.2) is 71.7 Å². The summed E-state index contributed by atoms with van der Waals surface area (Å²) in [6, 6.07) is 7.18. The number of amides is 2. The van der Waals surface area contributed by atoms with Gasteiger partial charge in [-0.3, -0.25) is 4.79 Å². The highest BCUT2D eigenvalue weighted by atomic mass is 16.6. The van der Waals surface area contributed by atoms with Gasteiger partial charge in [-0.15, -0.1) is 0 Å². The van der Waals surface area contributed by atoms with E-state index in [1.165, 1.54) is 0 Å². The van der Waals surface area contributed by atoms with Gasteiger partial charge in [-0.2, -0.15) is 0 Å². The average Bonchev–Trinajstić information content (AvgIpc) is 3.09. The van der Waals surface area contributed by atoms with Crippen LogP contribution in [0.25, 0.3) is 0 Å². The first-order valence-corrected chi connectivity index (χ1v) is 11.9. The number of hydrogen-bond acceptors (Lipinski definition) is 6. The summed E-state index contributed by atoms with van der Waals surface area (Å²) >= 11 is 0. The van der Waals surface area contributed by atoms with E-state index in [0.717, 1.165) is 31.2 Å². The van der Waals surface area contributed by atoms with Crippen LogP contribution in [0.1, 0.15) is 64.4 Å². The third kappa shape index (κ3) is 5.44. The monoisotopic (exact) mass is 460 g/mol. The summed E-state index contributed by atoms with van der Waals surface area (Å²) in [4.78, 5) is 26.8. The number of carbonyl (C=O) groups excluding carboxylic acids is 2. The zero-order chi connectivity index (χ0) is 23.6. The topological polar surface area (TPSA) is 97.3 Å². The van der Waals surface area contributed by atoms with Crippen LogP contribution in [0.15, 0.2) is 24.3 Å². The van der Waals surface area contributed by atoms with Crippen LogP contribution in [0.3, 0.4) is 0 Å². The predicted molar refractivity (Wildman–Crippen MR) is 122 cm³/mol. The van der Waals surface area contributed by atoms with E-state index in [4.69, 9.17) is 14.2 Å². The molecule has 0 bridgehead atoms. The van der Waals surface area contributed by atoms with E-state index in [-0.39, 0.29) is 24.7 Å². The quantitative estimate of drug-likeness (QED) is 0.715. The average molecular weight is 461 g/mol. The van der Waals surface area contributed by atoms with Crippen LogP contribution in [0.4, 0.5) is 4.79 Å². The second-order valence-electron chi connectivity index (χ2n) is 10.5. The molecule has 1 aromatic rings. The zero-order valence-electron chi connectivity index (χ0n) is 19.8. The Balaban J connectivity index is 1.40. The number of benzene rings is 1. The van der Waals surface area contributed by atoms with Crippen molar-refractivity contribution in [2.75, 3.05) is 26.4 Å². The van der Waals surface area contributed by atoms with Gasteiger partial charge < -0.3 is 29.5 Å². The van der Waals surface area contributed by atoms with Crippen molar-refractivity contribution in [3.05, 3.63) is 29.8 Å². The van der Waals surface area contributed by atoms with Crippen molar-refractivity contribution in [3.63, 3.8) is 0 Å². The minimum atomic E-state index is -0.654. The largest absolute Gasteiger partial charge is 0.508 e. The second kappa shape index (κ2) is 9.50. The first kappa shape index (κ1) is 23.8. The number of ether oxygens (including phenoxy) is 3. The number of nitrogens with one attached hydrogen (secondary N) is 1. The van der Waals surface area contributed by atoms with E-state index < -0.39 is 17.2 Å². The van der Waals surface area contributed by atoms with Crippen LogP contribution in [0, 0.1) is 0 Å². The number of nitrogens with zero attached hydrogens (tertiary/aromatic N) is 1. The lowest BCUT2D eigenvalue weighted by molar-refractivity contribution is -0.137. The summed E-state index contributed by atoms with van der Waals surface area (Å²) in [6.45, 7) is 6.72. The molecular weight excluding hydrogens is 424 g/mol. The first-order valence-electron chi connectivity index (χ1n) is 11.9. The van der Waals surface area contributed by atoms with E-state index in [1.807, 2.05) is 39.0 Å². The van der Waals surface area contributed by atoms with Gasteiger partial charge in [0.2, 0.25) is 5.91 Å². The SMILES string of the molecule is CC(C)(C)OC(=O)N1CCC2(COCC(=O)N2)C1CO[C@H]1CC[C@@H](c2ccccc2O)CC1. The van der Waals surface area contributed by atoms with Gasteiger partial charge >= 0.3 is 6.09 Å². The molecule has 2 amide bonds. The highest BCUT2D eigenvalue weighted by Crippen LogP contribution is 2.39. The Hall–Kier alpha value is -2.32. The van der Waals surface area contributed by atoms with Gasteiger partial charge in [0.15, 0.2) is 0 Å². The maximum absolute atomic E-state index is 12.9. The normalized spacial score (nSPS) is 30.3. The number of carbonyl (C=O) groups is 2. The lowest BCUT2D eigenvalue weighted by atomic mass is 9.82. The minimum absolute atomic E-state index is 0.0398. The maximum atomic E-state index is 12.9. The summed E-state index contributed by atoms with van der Waals surface area (Å²) in [5.41, 5.74) is -0.255. The van der Waals surface area contributed by atoms with Gasteiger partial charge in [-0.05, 0) is 70.4 Å². The van der Waals surface area contributed by atoms with Crippen molar-refractivity contribution < 1.29 is 28.9 Å². The minimum Gasteiger partial charge on any atom is -0.508 e. The first-order chi connectivity index (χ1) is 15.7. The molecule has 8 heteroatoms. The maximum Gasteiger partial charge on any atom is 0.410 e. The van der Waals surface area contributed by atoms with Crippen LogP contribution in [-0.2, 0) is 19.0 Å². The number of hydrogen-bond donors (Lipinski definition) is 2. The van der Waals surface area contributed by atoms with Gasteiger partial charge in [0.25, 0.3) is 0 Å². The van der Waals surface area contributed by atoms with Crippen molar-refractivity contribution in [3.8, 4) is 5.75 Å². The highest BCUT2D eigenvalue weighted by Gasteiger charge is 2.53. The Morgan fingerprint density at radius 2 is 1.97 bits per heavy atom. The molecule has 2 N–H and O–H groups in total. The molecule has 1 aromatic carbocycles. The van der Waals surface area contributed by atoms with Gasteiger partial charge in [-0.1, -0.05) is 18.2 Å². The number of aromatic hydroxyl groups is 1. The zero-order valence-corrected chi connectivity index (χ0v) is 19.8. The van der Waals surface area contributed by atoms with Crippen molar-refractivity contribution in [2.45, 2.75) is 82.1 Å². The molecule has 1 spiro atoms. The number of phenolic OH excluding ortho intramolecular Hbond substituents is 1. The van der Waals surface area contributed by atoms with Crippen LogP contribution in [0.2, 0.25) is 0 Å². The third-order valence-electron chi connectivity index (χ3n) is 6.96. The standard InChI is InChI=1S/C25H36N2O6/c1-24(2,3)33-23(30)27-13-12-25(16-31-15-22(29)26-25)21(27)14-32-18-10-8-17(9-11-18)19-6-4-5-7-20(19)28/h4-7,17-18,21,28H,8-16H2,1-3H3,(H,26,29)/t17-,18+,21?,25?. The fourth-order valence-electron chi connectivity index (χ4n) is 5.32. The molecular formula is C25H36N2O6. The number of likely N-dealkylation sites (tertiary alicyclic amines) is 1. The third-order valence-corrected chi connectivity index (χ3v) is 6.96. The molecule has 1 saturated carbocycles. The number of phenols is 1. The van der Waals surface area contributed by atoms with E-state index in [9.17, 15) is 14.7 Å². The number of rotatable bonds is 4. The Morgan fingerprint density at radius 3 is 2.64 bits per heavy atom. The number of morpholine rings is 1. The van der Waals surface area contributed by atoms with E-state index >= 15 is 0 Å². The molecule has 0 aromatic heterocycles. The van der Waals surface area contributed by atoms with Crippen molar-refractivity contribution >= 4 is 12.0 Å². The van der Waals surface area contributed by atoms with Crippen LogP contribution < -0.4 is 5.32 Å². The Labute approximate surface area is 195 Å². The summed E-state index contributed by atoms with van der Waals surface area (Å²) < 4.78 is 17.5. The van der Waals surface area contributed by atoms with Crippen LogP contribution in [0.5, 0.6) is 5.75 Å². The molecule has 8 nitrogen and oxygen atoms in total. The molecule has 2 aliphatic heterocycles. The molecule has 2 saturated heterocycles. The van der Waals surface area contributed by atoms with Crippen LogP contribution >= 0.6 is 0 Å². The van der Waals surface area contributed by atoms with E-state index in [2.05, 4.69) is 5.32 Å². The number of para-hydroxylation sites is 1. The highest BCUT2D eigenvalue weighted by molar-refractivity contribution is 5.79. The lowest BCUT2D eigenvalue weighted by Crippen LogP contribution is -2.65. The van der Waals surface area contributed by atoms with Crippen molar-refractivity contribution in [1.29, 1.82) is 0 Å². The summed E-state index contributed by atoms with van der Waals surface area (Å²) in [5.74, 6) is 0.518. The predicted octanol–water partition coefficient (Wildman–Crippen LogP) is 3.33. The van der Waals surface area contributed by atoms with Gasteiger partial charge in [0.05, 0.1) is 30.9 Å². The van der Waals surface area contributed by atoms with E-state index in [0.29, 0.717) is 37.8 Å². The molecule has 0 radical (unpaired) electrons. The van der Waals surface area contributed by atoms with Gasteiger partial charge in [0.1, 0.15) is 18.0 Å². The molecule has 33 heavy (non-hydrogen) atoms. The molecule has 3 aliphatic rings. The lowest BCUT2D eigenvalue weighted by Gasteiger charge is -2.41. The molecule has 4 rings (SSSR count). The molecule has 3 fully saturated rings. The Morgan fingerprint density at radius 1 is 1.24 bits per heavy atom. The van der Waals surface area contributed by atoms with Gasteiger partial charge in [0, 0.05) is 6.54 Å². The fourth-order valence-corrected chi connectivity index (χ4v) is 5.32. The summed E-state index contributed by atoms with van der Waals surface area (Å²) in [5, 5.41) is 13.3. The molecule has 1 aliphatic carbocycles. The summed E-state index contributed by atoms with van der Waals surface area (Å²) in [7, 11) is 0. The molecule has 2 heterocycles. The Kier molecular flexibility index (Phi) is 6.86. The van der Waals surface area contributed by atoms with E-state index in [1.54, 1.807) is 11.0 Å². The molecule has 2 unspecified atom stereocenters. The smallest absolute Gasteiger partial charge is 0.410 e. The second-order valence-corrected chi connectivity index (χ2v) is 10.5. The molecule has 2 atom stereocenters. The molecule has 182 valence electrons. The fraction of sp³-hybridized carbons (Fsp3) is 0.680.